The average Bonchev–Trinajstić information content (AvgIpc) is 3.26. The zero-order chi connectivity index (χ0) is 21.5. The maximum atomic E-state index is 12.4. The molecule has 0 bridgehead atoms. The van der Waals surface area contributed by atoms with Crippen LogP contribution in [0.2, 0.25) is 0 Å². The van der Waals surface area contributed by atoms with Gasteiger partial charge in [-0.15, -0.1) is 11.3 Å². The molecule has 0 saturated carbocycles. The van der Waals surface area contributed by atoms with Crippen LogP contribution in [0.15, 0.2) is 48.1 Å². The van der Waals surface area contributed by atoms with Crippen molar-refractivity contribution in [1.29, 1.82) is 0 Å². The summed E-state index contributed by atoms with van der Waals surface area (Å²) in [6.07, 6.45) is 4.91. The molecule has 1 aliphatic heterocycles. The predicted molar refractivity (Wildman–Crippen MR) is 125 cm³/mol. The number of rotatable bonds is 8. The van der Waals surface area contributed by atoms with Crippen molar-refractivity contribution in [1.82, 2.24) is 14.9 Å². The molecule has 2 aromatic heterocycles. The third-order valence-corrected chi connectivity index (χ3v) is 5.96. The molecule has 4 rings (SSSR count). The molecule has 31 heavy (non-hydrogen) atoms. The third-order valence-electron chi connectivity index (χ3n) is 5.21. The summed E-state index contributed by atoms with van der Waals surface area (Å²) in [5, 5.41) is 9.21. The van der Waals surface area contributed by atoms with Crippen LogP contribution >= 0.6 is 11.3 Å². The number of pyridine rings is 1. The fourth-order valence-electron chi connectivity index (χ4n) is 3.44. The first kappa shape index (κ1) is 21.4. The topological polar surface area (TPSA) is 79.4 Å². The Kier molecular flexibility index (Phi) is 7.24. The van der Waals surface area contributed by atoms with Gasteiger partial charge in [-0.3, -0.25) is 14.7 Å². The highest BCUT2D eigenvalue weighted by molar-refractivity contribution is 7.14. The summed E-state index contributed by atoms with van der Waals surface area (Å²) in [6.45, 7) is 6.44. The van der Waals surface area contributed by atoms with Gasteiger partial charge in [0, 0.05) is 54.2 Å². The molecule has 1 saturated heterocycles. The number of carbonyl (C=O) groups excluding carboxylic acids is 1. The Hall–Kier alpha value is -2.81. The van der Waals surface area contributed by atoms with Crippen LogP contribution in [0.25, 0.3) is 11.3 Å². The lowest BCUT2D eigenvalue weighted by Crippen LogP contribution is -2.37. The number of aromatic nitrogens is 2. The monoisotopic (exact) mass is 437 g/mol. The number of hydrogen-bond donors (Lipinski definition) is 2. The average molecular weight is 438 g/mol. The largest absolute Gasteiger partial charge is 0.379 e. The molecule has 3 aromatic rings. The normalized spacial score (nSPS) is 14.4. The van der Waals surface area contributed by atoms with E-state index in [2.05, 4.69) is 25.5 Å². The number of thiazole rings is 1. The molecule has 1 aliphatic rings. The van der Waals surface area contributed by atoms with E-state index < -0.39 is 0 Å². The zero-order valence-electron chi connectivity index (χ0n) is 17.6. The minimum absolute atomic E-state index is 0.0381. The summed E-state index contributed by atoms with van der Waals surface area (Å²) >= 11 is 1.54. The zero-order valence-corrected chi connectivity index (χ0v) is 18.5. The smallest absolute Gasteiger partial charge is 0.224 e. The van der Waals surface area contributed by atoms with Crippen LogP contribution in [0.3, 0.4) is 0 Å². The Balaban J connectivity index is 1.33. The van der Waals surface area contributed by atoms with Gasteiger partial charge < -0.3 is 15.4 Å². The molecule has 0 atom stereocenters. The van der Waals surface area contributed by atoms with Gasteiger partial charge in [-0.1, -0.05) is 6.07 Å². The van der Waals surface area contributed by atoms with Crippen molar-refractivity contribution in [3.63, 3.8) is 0 Å². The second-order valence-electron chi connectivity index (χ2n) is 7.54. The van der Waals surface area contributed by atoms with Crippen LogP contribution in [0, 0.1) is 6.92 Å². The molecule has 162 valence electrons. The van der Waals surface area contributed by atoms with Crippen molar-refractivity contribution in [3.8, 4) is 11.3 Å². The molecular weight excluding hydrogens is 410 g/mol. The Morgan fingerprint density at radius 3 is 2.94 bits per heavy atom. The molecule has 1 aromatic carbocycles. The van der Waals surface area contributed by atoms with Gasteiger partial charge in [0.1, 0.15) is 0 Å². The first-order chi connectivity index (χ1) is 15.2. The number of aryl methyl sites for hydroxylation is 1. The maximum Gasteiger partial charge on any atom is 0.224 e. The summed E-state index contributed by atoms with van der Waals surface area (Å²) in [5.74, 6) is 0.0381. The summed E-state index contributed by atoms with van der Waals surface area (Å²) in [7, 11) is 0. The lowest BCUT2D eigenvalue weighted by atomic mass is 10.1. The highest BCUT2D eigenvalue weighted by Crippen LogP contribution is 2.29. The number of anilines is 3. The van der Waals surface area contributed by atoms with Crippen LogP contribution in [-0.4, -0.2) is 53.6 Å². The SMILES string of the molecule is Cc1ccc(NC(=O)CCCN2CCOCC2)cc1Nc1nc(-c2cccnc2)cs1. The van der Waals surface area contributed by atoms with E-state index in [0.717, 1.165) is 72.6 Å². The van der Waals surface area contributed by atoms with Crippen molar-refractivity contribution in [2.75, 3.05) is 43.5 Å². The van der Waals surface area contributed by atoms with Gasteiger partial charge in [0.25, 0.3) is 0 Å². The van der Waals surface area contributed by atoms with E-state index in [0.29, 0.717) is 6.42 Å². The van der Waals surface area contributed by atoms with Crippen LogP contribution in [0.1, 0.15) is 18.4 Å². The van der Waals surface area contributed by atoms with E-state index in [1.54, 1.807) is 23.7 Å². The fourth-order valence-corrected chi connectivity index (χ4v) is 4.17. The van der Waals surface area contributed by atoms with Crippen LogP contribution in [-0.2, 0) is 9.53 Å². The number of ether oxygens (including phenoxy) is 1. The van der Waals surface area contributed by atoms with Crippen LogP contribution in [0.5, 0.6) is 0 Å². The number of hydrogen-bond acceptors (Lipinski definition) is 7. The number of benzene rings is 1. The van der Waals surface area contributed by atoms with Crippen molar-refractivity contribution < 1.29 is 9.53 Å². The second kappa shape index (κ2) is 10.5. The highest BCUT2D eigenvalue weighted by Gasteiger charge is 2.12. The Labute approximate surface area is 186 Å². The molecule has 0 spiro atoms. The molecule has 0 radical (unpaired) electrons. The fraction of sp³-hybridized carbons (Fsp3) is 0.348. The van der Waals surface area contributed by atoms with E-state index in [-0.39, 0.29) is 5.91 Å². The lowest BCUT2D eigenvalue weighted by molar-refractivity contribution is -0.116. The Morgan fingerprint density at radius 1 is 1.26 bits per heavy atom. The molecule has 0 aliphatic carbocycles. The predicted octanol–water partition coefficient (Wildman–Crippen LogP) is 4.31. The highest BCUT2D eigenvalue weighted by atomic mass is 32.1. The number of morpholine rings is 1. The summed E-state index contributed by atoms with van der Waals surface area (Å²) in [6, 6.07) is 9.79. The van der Waals surface area contributed by atoms with Crippen molar-refractivity contribution in [2.24, 2.45) is 0 Å². The molecular formula is C23H27N5O2S. The summed E-state index contributed by atoms with van der Waals surface area (Å²) in [5.41, 5.74) is 4.68. The van der Waals surface area contributed by atoms with Gasteiger partial charge in [-0.25, -0.2) is 4.98 Å². The molecule has 8 heteroatoms. The van der Waals surface area contributed by atoms with Gasteiger partial charge in [-0.2, -0.15) is 0 Å². The van der Waals surface area contributed by atoms with Crippen molar-refractivity contribution in [2.45, 2.75) is 19.8 Å². The number of carbonyl (C=O) groups is 1. The number of nitrogens with one attached hydrogen (secondary N) is 2. The minimum atomic E-state index is 0.0381. The minimum Gasteiger partial charge on any atom is -0.379 e. The van der Waals surface area contributed by atoms with Gasteiger partial charge in [0.15, 0.2) is 5.13 Å². The summed E-state index contributed by atoms with van der Waals surface area (Å²) < 4.78 is 5.36. The Morgan fingerprint density at radius 2 is 2.13 bits per heavy atom. The number of nitrogens with zero attached hydrogens (tertiary/aromatic N) is 3. The quantitative estimate of drug-likeness (QED) is 0.547. The molecule has 3 heterocycles. The maximum absolute atomic E-state index is 12.4. The standard InChI is InChI=1S/C23H27N5O2S/c1-17-6-7-19(25-22(29)5-3-9-28-10-12-30-13-11-28)14-20(17)26-23-27-21(16-31-23)18-4-2-8-24-15-18/h2,4,6-8,14-16H,3,5,9-13H2,1H3,(H,25,29)(H,26,27). The molecule has 1 fully saturated rings. The van der Waals surface area contributed by atoms with Crippen LogP contribution < -0.4 is 10.6 Å². The Bertz CT molecular complexity index is 1000. The molecule has 1 amide bonds. The first-order valence-electron chi connectivity index (χ1n) is 10.5. The van der Waals surface area contributed by atoms with E-state index >= 15 is 0 Å². The number of amides is 1. The van der Waals surface area contributed by atoms with Gasteiger partial charge >= 0.3 is 0 Å². The molecule has 0 unspecified atom stereocenters. The molecule has 7 nitrogen and oxygen atoms in total. The summed E-state index contributed by atoms with van der Waals surface area (Å²) in [4.78, 5) is 23.5. The first-order valence-corrected chi connectivity index (χ1v) is 11.4. The van der Waals surface area contributed by atoms with Crippen molar-refractivity contribution in [3.05, 3.63) is 53.7 Å². The third kappa shape index (κ3) is 6.10. The van der Waals surface area contributed by atoms with E-state index in [1.807, 2.05) is 42.6 Å². The van der Waals surface area contributed by atoms with Gasteiger partial charge in [-0.05, 0) is 49.7 Å². The van der Waals surface area contributed by atoms with Crippen molar-refractivity contribution >= 4 is 33.8 Å². The van der Waals surface area contributed by atoms with Gasteiger partial charge in [0.05, 0.1) is 18.9 Å². The lowest BCUT2D eigenvalue weighted by Gasteiger charge is -2.26. The van der Waals surface area contributed by atoms with Gasteiger partial charge in [0.2, 0.25) is 5.91 Å². The van der Waals surface area contributed by atoms with E-state index in [9.17, 15) is 4.79 Å². The second-order valence-corrected chi connectivity index (χ2v) is 8.40. The van der Waals surface area contributed by atoms with E-state index in [4.69, 9.17) is 4.74 Å². The van der Waals surface area contributed by atoms with Crippen LogP contribution in [0.4, 0.5) is 16.5 Å². The van der Waals surface area contributed by atoms with E-state index in [1.165, 1.54) is 0 Å². The molecule has 2 N–H and O–H groups in total.